The van der Waals surface area contributed by atoms with Crippen molar-refractivity contribution in [1.82, 2.24) is 24.6 Å². The van der Waals surface area contributed by atoms with Gasteiger partial charge >= 0.3 is 0 Å². The van der Waals surface area contributed by atoms with Crippen LogP contribution < -0.4 is 5.32 Å². The number of halogens is 1. The Balaban J connectivity index is 1.34. The van der Waals surface area contributed by atoms with Gasteiger partial charge in [-0.3, -0.25) is 14.3 Å². The minimum Gasteiger partial charge on any atom is -0.301 e. The molecule has 0 saturated carbocycles. The summed E-state index contributed by atoms with van der Waals surface area (Å²) in [5, 5.41) is 12.6. The molecule has 5 rings (SSSR count). The van der Waals surface area contributed by atoms with Crippen LogP contribution in [0.25, 0.3) is 17.1 Å². The van der Waals surface area contributed by atoms with E-state index in [-0.39, 0.29) is 17.5 Å². The van der Waals surface area contributed by atoms with Crippen molar-refractivity contribution in [2.75, 3.05) is 24.2 Å². The first-order chi connectivity index (χ1) is 16.6. The van der Waals surface area contributed by atoms with Gasteiger partial charge in [-0.2, -0.15) is 0 Å². The number of rotatable bonds is 7. The Kier molecular flexibility index (Phi) is 6.70. The lowest BCUT2D eigenvalue weighted by Gasteiger charge is -2.23. The maximum absolute atomic E-state index is 14.5. The van der Waals surface area contributed by atoms with Crippen molar-refractivity contribution in [3.8, 4) is 17.1 Å². The monoisotopic (exact) mass is 494 g/mol. The molecule has 7 nitrogen and oxygen atoms in total. The minimum absolute atomic E-state index is 0.133. The first kappa shape index (κ1) is 22.7. The summed E-state index contributed by atoms with van der Waals surface area (Å²) in [5.41, 5.74) is 2.22. The molecule has 0 radical (unpaired) electrons. The van der Waals surface area contributed by atoms with Gasteiger partial charge in [0.05, 0.1) is 17.0 Å². The van der Waals surface area contributed by atoms with E-state index in [9.17, 15) is 9.18 Å². The van der Waals surface area contributed by atoms with Crippen molar-refractivity contribution in [2.45, 2.75) is 25.0 Å². The summed E-state index contributed by atoms with van der Waals surface area (Å²) in [4.78, 5) is 20.9. The number of anilines is 1. The SMILES string of the molecule is CCN1CCc2nc(NC(=O)CSc3nnc(-c4ccccc4F)n3-c3ccccc3)sc2C1. The van der Waals surface area contributed by atoms with Gasteiger partial charge in [0.25, 0.3) is 0 Å². The number of amides is 1. The molecule has 0 saturated heterocycles. The van der Waals surface area contributed by atoms with Crippen molar-refractivity contribution >= 4 is 34.1 Å². The number of thioether (sulfide) groups is 1. The fourth-order valence-corrected chi connectivity index (χ4v) is 5.67. The second-order valence-corrected chi connectivity index (χ2v) is 9.83. The average Bonchev–Trinajstić information content (AvgIpc) is 3.46. The zero-order valence-corrected chi connectivity index (χ0v) is 20.2. The fraction of sp³-hybridized carbons (Fsp3) is 0.250. The summed E-state index contributed by atoms with van der Waals surface area (Å²) < 4.78 is 16.3. The Morgan fingerprint density at radius 3 is 2.74 bits per heavy atom. The number of fused-ring (bicyclic) bond motifs is 1. The van der Waals surface area contributed by atoms with Crippen LogP contribution in [0.3, 0.4) is 0 Å². The predicted molar refractivity (Wildman–Crippen MR) is 133 cm³/mol. The normalized spacial score (nSPS) is 13.6. The highest BCUT2D eigenvalue weighted by Gasteiger charge is 2.22. The van der Waals surface area contributed by atoms with Crippen LogP contribution in [0.4, 0.5) is 9.52 Å². The molecule has 1 aliphatic rings. The van der Waals surface area contributed by atoms with Gasteiger partial charge in [0.15, 0.2) is 16.1 Å². The second-order valence-electron chi connectivity index (χ2n) is 7.80. The summed E-state index contributed by atoms with van der Waals surface area (Å²) in [7, 11) is 0. The van der Waals surface area contributed by atoms with Crippen molar-refractivity contribution in [3.63, 3.8) is 0 Å². The molecule has 4 aromatic rings. The Bertz CT molecular complexity index is 1310. The summed E-state index contributed by atoms with van der Waals surface area (Å²) in [5.74, 6) is -0.0253. The van der Waals surface area contributed by atoms with Gasteiger partial charge in [0.2, 0.25) is 5.91 Å². The topological polar surface area (TPSA) is 75.9 Å². The van der Waals surface area contributed by atoms with E-state index < -0.39 is 0 Å². The van der Waals surface area contributed by atoms with E-state index in [0.717, 1.165) is 37.4 Å². The van der Waals surface area contributed by atoms with E-state index in [1.807, 2.05) is 30.3 Å². The molecule has 2 aromatic carbocycles. The predicted octanol–water partition coefficient (Wildman–Crippen LogP) is 4.64. The number of nitrogens with zero attached hydrogens (tertiary/aromatic N) is 5. The standard InChI is InChI=1S/C24H23FN6OS2/c1-2-30-13-12-19-20(14-30)34-23(26-19)27-21(32)15-33-24-29-28-22(17-10-6-7-11-18(17)25)31(24)16-8-4-3-5-9-16/h3-11H,2,12-15H2,1H3,(H,26,27,32). The van der Waals surface area contributed by atoms with Crippen molar-refractivity contribution in [3.05, 3.63) is 71.0 Å². The van der Waals surface area contributed by atoms with E-state index in [1.54, 1.807) is 22.8 Å². The molecule has 0 spiro atoms. The highest BCUT2D eigenvalue weighted by atomic mass is 32.2. The zero-order chi connectivity index (χ0) is 23.5. The lowest BCUT2D eigenvalue weighted by Crippen LogP contribution is -2.29. The number of hydrogen-bond donors (Lipinski definition) is 1. The lowest BCUT2D eigenvalue weighted by atomic mass is 10.2. The van der Waals surface area contributed by atoms with Gasteiger partial charge in [-0.25, -0.2) is 9.37 Å². The number of carbonyl (C=O) groups is 1. The van der Waals surface area contributed by atoms with Crippen molar-refractivity contribution in [1.29, 1.82) is 0 Å². The maximum atomic E-state index is 14.5. The zero-order valence-electron chi connectivity index (χ0n) is 18.6. The third-order valence-electron chi connectivity index (χ3n) is 5.60. The largest absolute Gasteiger partial charge is 0.301 e. The van der Waals surface area contributed by atoms with Gasteiger partial charge in [-0.15, -0.1) is 21.5 Å². The molecule has 2 aromatic heterocycles. The molecule has 0 unspecified atom stereocenters. The Morgan fingerprint density at radius 1 is 1.15 bits per heavy atom. The van der Waals surface area contributed by atoms with Gasteiger partial charge in [-0.1, -0.05) is 49.0 Å². The smallest absolute Gasteiger partial charge is 0.236 e. The molecule has 10 heteroatoms. The van der Waals surface area contributed by atoms with E-state index in [0.29, 0.717) is 21.7 Å². The lowest BCUT2D eigenvalue weighted by molar-refractivity contribution is -0.113. The van der Waals surface area contributed by atoms with E-state index >= 15 is 0 Å². The molecular weight excluding hydrogens is 471 g/mol. The van der Waals surface area contributed by atoms with Crippen LogP contribution in [0.15, 0.2) is 59.8 Å². The molecule has 1 aliphatic heterocycles. The van der Waals surface area contributed by atoms with Crippen LogP contribution in [0, 0.1) is 5.82 Å². The number of likely N-dealkylation sites (N-methyl/N-ethyl adjacent to an activating group) is 1. The third kappa shape index (κ3) is 4.75. The quantitative estimate of drug-likeness (QED) is 0.377. The van der Waals surface area contributed by atoms with E-state index in [2.05, 4.69) is 32.3 Å². The second kappa shape index (κ2) is 10.0. The number of carbonyl (C=O) groups excluding carboxylic acids is 1. The summed E-state index contributed by atoms with van der Waals surface area (Å²) in [6.07, 6.45) is 0.906. The van der Waals surface area contributed by atoms with Gasteiger partial charge in [0.1, 0.15) is 5.82 Å². The first-order valence-electron chi connectivity index (χ1n) is 11.0. The minimum atomic E-state index is -0.379. The Labute approximate surface area is 205 Å². The molecule has 3 heterocycles. The van der Waals surface area contributed by atoms with Gasteiger partial charge in [-0.05, 0) is 30.8 Å². The van der Waals surface area contributed by atoms with Gasteiger partial charge in [0, 0.05) is 30.1 Å². The number of aromatic nitrogens is 4. The Hall–Kier alpha value is -3.08. The first-order valence-corrected chi connectivity index (χ1v) is 12.8. The maximum Gasteiger partial charge on any atom is 0.236 e. The molecule has 0 aliphatic carbocycles. The number of para-hydroxylation sites is 1. The molecule has 0 fully saturated rings. The number of thiazole rings is 1. The van der Waals surface area contributed by atoms with Crippen LogP contribution in [-0.2, 0) is 17.8 Å². The van der Waals surface area contributed by atoms with Crippen LogP contribution >= 0.6 is 23.1 Å². The summed E-state index contributed by atoms with van der Waals surface area (Å²) in [6.45, 7) is 5.04. The van der Waals surface area contributed by atoms with Crippen LogP contribution in [0.5, 0.6) is 0 Å². The number of nitrogens with one attached hydrogen (secondary N) is 1. The molecular formula is C24H23FN6OS2. The number of benzene rings is 2. The molecule has 1 amide bonds. The fourth-order valence-electron chi connectivity index (χ4n) is 3.85. The Morgan fingerprint density at radius 2 is 1.94 bits per heavy atom. The summed E-state index contributed by atoms with van der Waals surface area (Å²) in [6, 6.07) is 16.0. The highest BCUT2D eigenvalue weighted by Crippen LogP contribution is 2.31. The van der Waals surface area contributed by atoms with E-state index in [4.69, 9.17) is 0 Å². The van der Waals surface area contributed by atoms with E-state index in [1.165, 1.54) is 34.0 Å². The average molecular weight is 495 g/mol. The molecule has 0 bridgehead atoms. The number of hydrogen-bond acceptors (Lipinski definition) is 7. The van der Waals surface area contributed by atoms with Crippen LogP contribution in [-0.4, -0.2) is 49.4 Å². The molecule has 0 atom stereocenters. The molecule has 34 heavy (non-hydrogen) atoms. The molecule has 1 N–H and O–H groups in total. The highest BCUT2D eigenvalue weighted by molar-refractivity contribution is 7.99. The van der Waals surface area contributed by atoms with Crippen molar-refractivity contribution in [2.24, 2.45) is 0 Å². The third-order valence-corrected chi connectivity index (χ3v) is 7.53. The van der Waals surface area contributed by atoms with Crippen LogP contribution in [0.2, 0.25) is 0 Å². The van der Waals surface area contributed by atoms with Gasteiger partial charge < -0.3 is 5.32 Å². The molecule has 174 valence electrons. The van der Waals surface area contributed by atoms with Crippen LogP contribution in [0.1, 0.15) is 17.5 Å². The van der Waals surface area contributed by atoms with Crippen molar-refractivity contribution < 1.29 is 9.18 Å². The summed E-state index contributed by atoms with van der Waals surface area (Å²) >= 11 is 2.79.